The number of nitrogens with one attached hydrogen (secondary N) is 1. The molecule has 0 aliphatic rings. The summed E-state index contributed by atoms with van der Waals surface area (Å²) in [6, 6.07) is 6.05. The summed E-state index contributed by atoms with van der Waals surface area (Å²) < 4.78 is 12.4. The van der Waals surface area contributed by atoms with Gasteiger partial charge in [-0.25, -0.2) is 14.4 Å². The van der Waals surface area contributed by atoms with Gasteiger partial charge in [0.1, 0.15) is 11.7 Å². The molecule has 1 atom stereocenters. The fraction of sp³-hybridized carbons (Fsp3) is 0.500. The predicted molar refractivity (Wildman–Crippen MR) is 139 cm³/mol. The maximum absolute atomic E-state index is 13.4. The summed E-state index contributed by atoms with van der Waals surface area (Å²) in [5.74, 6) is -0.504. The van der Waals surface area contributed by atoms with Gasteiger partial charge in [0.2, 0.25) is 0 Å². The second-order valence-corrected chi connectivity index (χ2v) is 9.94. The van der Waals surface area contributed by atoms with E-state index in [1.807, 2.05) is 0 Å². The van der Waals surface area contributed by atoms with Gasteiger partial charge < -0.3 is 19.6 Å². The van der Waals surface area contributed by atoms with E-state index in [2.05, 4.69) is 10.5 Å². The molecule has 0 spiro atoms. The fourth-order valence-corrected chi connectivity index (χ4v) is 3.35. The number of oxime groups is 1. The summed E-state index contributed by atoms with van der Waals surface area (Å²) in [7, 11) is 1.29. The van der Waals surface area contributed by atoms with Crippen LogP contribution in [-0.2, 0) is 27.4 Å². The number of esters is 1. The first kappa shape index (κ1) is 29.3. The molecule has 0 radical (unpaired) electrons. The molecule has 1 amide bonds. The van der Waals surface area contributed by atoms with Gasteiger partial charge in [0.05, 0.1) is 37.0 Å². The zero-order chi connectivity index (χ0) is 27.9. The summed E-state index contributed by atoms with van der Waals surface area (Å²) in [4.78, 5) is 56.1. The number of carbonyl (C=O) groups is 2. The zero-order valence-electron chi connectivity index (χ0n) is 22.7. The molecule has 1 N–H and O–H groups in total. The summed E-state index contributed by atoms with van der Waals surface area (Å²) >= 11 is 0. The number of hydrogen-bond donors (Lipinski definition) is 1. The van der Waals surface area contributed by atoms with Crippen LogP contribution in [0.5, 0.6) is 0 Å². The Morgan fingerprint density at radius 1 is 1.14 bits per heavy atom. The molecular formula is C26H36N4O7. The van der Waals surface area contributed by atoms with Gasteiger partial charge in [-0.15, -0.1) is 0 Å². The van der Waals surface area contributed by atoms with Crippen molar-refractivity contribution in [2.75, 3.05) is 7.11 Å². The van der Waals surface area contributed by atoms with Crippen LogP contribution in [0.15, 0.2) is 45.2 Å². The summed E-state index contributed by atoms with van der Waals surface area (Å²) in [5.41, 5.74) is -0.431. The van der Waals surface area contributed by atoms with Crippen molar-refractivity contribution in [2.45, 2.75) is 79.3 Å². The predicted octanol–water partition coefficient (Wildman–Crippen LogP) is 2.91. The number of carbonyl (C=O) groups excluding carboxylic acids is 2. The summed E-state index contributed by atoms with van der Waals surface area (Å²) in [6.45, 7) is 12.0. The minimum atomic E-state index is -0.698. The molecule has 0 aliphatic carbocycles. The van der Waals surface area contributed by atoms with Crippen molar-refractivity contribution in [1.29, 1.82) is 0 Å². The second-order valence-electron chi connectivity index (χ2n) is 9.94. The average molecular weight is 517 g/mol. The SMILES string of the molecule is COC(=O)c1cccc(Cn2cc(/C(C)=N/OC(C)C)c(=O)n(C[C@H](C)NC(=O)OC(C)(C)C)c2=O)c1. The topological polar surface area (TPSA) is 130 Å². The first-order valence-electron chi connectivity index (χ1n) is 11.9. The van der Waals surface area contributed by atoms with Crippen LogP contribution in [0.4, 0.5) is 4.79 Å². The van der Waals surface area contributed by atoms with Gasteiger partial charge in [-0.1, -0.05) is 17.3 Å². The highest BCUT2D eigenvalue weighted by Crippen LogP contribution is 2.09. The maximum atomic E-state index is 13.4. The lowest BCUT2D eigenvalue weighted by atomic mass is 10.1. The number of aromatic nitrogens is 2. The van der Waals surface area contributed by atoms with Gasteiger partial charge in [-0.2, -0.15) is 0 Å². The third kappa shape index (κ3) is 8.62. The van der Waals surface area contributed by atoms with Crippen LogP contribution in [0, 0.1) is 0 Å². The highest BCUT2D eigenvalue weighted by atomic mass is 16.6. The van der Waals surface area contributed by atoms with Crippen molar-refractivity contribution >= 4 is 17.8 Å². The molecule has 2 aromatic rings. The molecule has 37 heavy (non-hydrogen) atoms. The van der Waals surface area contributed by atoms with Crippen LogP contribution in [-0.4, -0.2) is 51.8 Å². The highest BCUT2D eigenvalue weighted by Gasteiger charge is 2.21. The third-order valence-electron chi connectivity index (χ3n) is 4.95. The quantitative estimate of drug-likeness (QED) is 0.308. The molecule has 0 aliphatic heterocycles. The number of nitrogens with zero attached hydrogens (tertiary/aromatic N) is 3. The van der Waals surface area contributed by atoms with E-state index in [0.717, 1.165) is 4.57 Å². The summed E-state index contributed by atoms with van der Waals surface area (Å²) in [5, 5.41) is 6.68. The van der Waals surface area contributed by atoms with Crippen LogP contribution in [0.25, 0.3) is 0 Å². The standard InChI is InChI=1S/C26H36N4O7/c1-16(2)37-28-18(4)21-15-29(14-19-10-9-11-20(12-19)23(32)35-8)25(34)30(22(21)31)13-17(3)27-24(33)36-26(5,6)7/h9-12,15-17H,13-14H2,1-8H3,(H,27,33)/b28-18+/t17-/m0/s1. The van der Waals surface area contributed by atoms with Crippen LogP contribution >= 0.6 is 0 Å². The molecule has 0 bridgehead atoms. The molecule has 1 heterocycles. The third-order valence-corrected chi connectivity index (χ3v) is 4.95. The Balaban J connectivity index is 2.51. The van der Waals surface area contributed by atoms with Gasteiger partial charge in [0.15, 0.2) is 0 Å². The number of alkyl carbamates (subject to hydrolysis) is 1. The van der Waals surface area contributed by atoms with E-state index in [-0.39, 0.29) is 30.5 Å². The first-order valence-corrected chi connectivity index (χ1v) is 11.9. The first-order chi connectivity index (χ1) is 17.2. The van der Waals surface area contributed by atoms with E-state index >= 15 is 0 Å². The Hall–Kier alpha value is -3.89. The molecular weight excluding hydrogens is 480 g/mol. The van der Waals surface area contributed by atoms with Crippen LogP contribution in [0.2, 0.25) is 0 Å². The monoisotopic (exact) mass is 516 g/mol. The molecule has 0 saturated heterocycles. The van der Waals surface area contributed by atoms with Crippen molar-refractivity contribution in [2.24, 2.45) is 5.16 Å². The average Bonchev–Trinajstić information content (AvgIpc) is 2.80. The van der Waals surface area contributed by atoms with Crippen molar-refractivity contribution in [3.8, 4) is 0 Å². The van der Waals surface area contributed by atoms with E-state index in [9.17, 15) is 19.2 Å². The van der Waals surface area contributed by atoms with Gasteiger partial charge in [0.25, 0.3) is 5.56 Å². The van der Waals surface area contributed by atoms with Gasteiger partial charge in [-0.3, -0.25) is 13.9 Å². The maximum Gasteiger partial charge on any atom is 0.407 e. The number of ether oxygens (including phenoxy) is 2. The molecule has 1 aromatic heterocycles. The zero-order valence-corrected chi connectivity index (χ0v) is 22.7. The Kier molecular flexibility index (Phi) is 9.81. The van der Waals surface area contributed by atoms with E-state index in [4.69, 9.17) is 14.3 Å². The van der Waals surface area contributed by atoms with Crippen molar-refractivity contribution < 1.29 is 23.9 Å². The van der Waals surface area contributed by atoms with E-state index in [0.29, 0.717) is 11.1 Å². The van der Waals surface area contributed by atoms with Gasteiger partial charge >= 0.3 is 17.8 Å². The molecule has 202 valence electrons. The largest absolute Gasteiger partial charge is 0.465 e. The van der Waals surface area contributed by atoms with E-state index in [1.54, 1.807) is 72.7 Å². The van der Waals surface area contributed by atoms with Crippen LogP contribution in [0.3, 0.4) is 0 Å². The lowest BCUT2D eigenvalue weighted by molar-refractivity contribution is 0.0502. The fourth-order valence-electron chi connectivity index (χ4n) is 3.35. The number of hydrogen-bond acceptors (Lipinski definition) is 8. The lowest BCUT2D eigenvalue weighted by Crippen LogP contribution is -2.47. The Morgan fingerprint density at radius 2 is 1.81 bits per heavy atom. The number of methoxy groups -OCH3 is 1. The number of benzene rings is 1. The lowest BCUT2D eigenvalue weighted by Gasteiger charge is -2.22. The number of rotatable bonds is 9. The van der Waals surface area contributed by atoms with E-state index in [1.165, 1.54) is 17.9 Å². The smallest absolute Gasteiger partial charge is 0.407 e. The van der Waals surface area contributed by atoms with Crippen molar-refractivity contribution in [1.82, 2.24) is 14.5 Å². The Bertz CT molecular complexity index is 1270. The van der Waals surface area contributed by atoms with Crippen molar-refractivity contribution in [3.05, 3.63) is 68.0 Å². The van der Waals surface area contributed by atoms with Gasteiger partial charge in [0, 0.05) is 12.2 Å². The minimum absolute atomic E-state index is 0.0726. The molecule has 1 aromatic carbocycles. The Labute approximate surface area is 216 Å². The highest BCUT2D eigenvalue weighted by molar-refractivity contribution is 5.97. The molecule has 2 rings (SSSR count). The number of amides is 1. The van der Waals surface area contributed by atoms with Crippen LogP contribution < -0.4 is 16.6 Å². The molecule has 0 saturated carbocycles. The normalized spacial score (nSPS) is 12.7. The molecule has 11 nitrogen and oxygen atoms in total. The van der Waals surface area contributed by atoms with E-state index < -0.39 is 35.0 Å². The van der Waals surface area contributed by atoms with Crippen molar-refractivity contribution in [3.63, 3.8) is 0 Å². The molecule has 0 fully saturated rings. The molecule has 11 heteroatoms. The minimum Gasteiger partial charge on any atom is -0.465 e. The molecule has 0 unspecified atom stereocenters. The van der Waals surface area contributed by atoms with Crippen LogP contribution in [0.1, 0.15) is 70.0 Å². The Morgan fingerprint density at radius 3 is 2.41 bits per heavy atom. The second kappa shape index (κ2) is 12.4. The summed E-state index contributed by atoms with van der Waals surface area (Å²) in [6.07, 6.45) is 0.551. The van der Waals surface area contributed by atoms with Gasteiger partial charge in [-0.05, 0) is 66.2 Å².